The van der Waals surface area contributed by atoms with Gasteiger partial charge in [0.05, 0.1) is 17.9 Å². The van der Waals surface area contributed by atoms with Crippen molar-refractivity contribution in [1.82, 2.24) is 0 Å². The molecule has 1 heterocycles. The molecule has 2 aromatic rings. The highest BCUT2D eigenvalue weighted by Gasteiger charge is 2.26. The first-order chi connectivity index (χ1) is 8.65. The van der Waals surface area contributed by atoms with Crippen LogP contribution in [0.1, 0.15) is 21.8 Å². The average Bonchev–Trinajstić information content (AvgIpc) is 2.78. The van der Waals surface area contributed by atoms with Crippen molar-refractivity contribution in [3.63, 3.8) is 0 Å². The zero-order valence-electron chi connectivity index (χ0n) is 9.06. The van der Waals surface area contributed by atoms with Gasteiger partial charge in [0.15, 0.2) is 10.5 Å². The molecule has 5 heteroatoms. The molecule has 0 fully saturated rings. The summed E-state index contributed by atoms with van der Waals surface area (Å²) >= 11 is 3.06. The lowest BCUT2D eigenvalue weighted by Gasteiger charge is -2.08. The van der Waals surface area contributed by atoms with E-state index in [4.69, 9.17) is 9.68 Å². The molecule has 0 saturated carbocycles. The van der Waals surface area contributed by atoms with Crippen LogP contribution in [-0.2, 0) is 0 Å². The molecule has 0 N–H and O–H groups in total. The van der Waals surface area contributed by atoms with Gasteiger partial charge in [-0.1, -0.05) is 18.2 Å². The van der Waals surface area contributed by atoms with Gasteiger partial charge in [0.25, 0.3) is 0 Å². The molecule has 0 aliphatic heterocycles. The number of carbonyl (C=O) groups excluding carboxylic acids is 1. The number of hydrogen-bond acceptors (Lipinski definition) is 3. The van der Waals surface area contributed by atoms with E-state index >= 15 is 0 Å². The molecule has 0 radical (unpaired) electrons. The third-order valence-electron chi connectivity index (χ3n) is 2.49. The maximum atomic E-state index is 13.6. The van der Waals surface area contributed by atoms with Crippen LogP contribution >= 0.6 is 15.9 Å². The van der Waals surface area contributed by atoms with Gasteiger partial charge in [-0.25, -0.2) is 4.39 Å². The van der Waals surface area contributed by atoms with Crippen LogP contribution < -0.4 is 0 Å². The van der Waals surface area contributed by atoms with E-state index in [0.717, 1.165) is 0 Å². The van der Waals surface area contributed by atoms with Crippen molar-refractivity contribution in [1.29, 1.82) is 5.26 Å². The maximum Gasteiger partial charge on any atom is 0.188 e. The van der Waals surface area contributed by atoms with Gasteiger partial charge in [0.1, 0.15) is 11.7 Å². The Morgan fingerprint density at radius 2 is 2.11 bits per heavy atom. The number of furan rings is 1. The number of hydrogen-bond donors (Lipinski definition) is 0. The molecule has 1 atom stereocenters. The van der Waals surface area contributed by atoms with Crippen LogP contribution in [0.25, 0.3) is 0 Å². The zero-order chi connectivity index (χ0) is 13.1. The van der Waals surface area contributed by atoms with Crippen LogP contribution in [0.15, 0.2) is 45.7 Å². The molecule has 0 spiro atoms. The van der Waals surface area contributed by atoms with Crippen LogP contribution in [0, 0.1) is 17.1 Å². The molecule has 0 amide bonds. The summed E-state index contributed by atoms with van der Waals surface area (Å²) in [6, 6.07) is 9.00. The Labute approximate surface area is 111 Å². The fourth-order valence-corrected chi connectivity index (χ4v) is 2.04. The highest BCUT2D eigenvalue weighted by atomic mass is 79.9. The predicted molar refractivity (Wildman–Crippen MR) is 65.5 cm³/mol. The van der Waals surface area contributed by atoms with Gasteiger partial charge in [-0.15, -0.1) is 0 Å². The number of Topliss-reactive ketones (excluding diaryl/α,β-unsaturated/α-hetero) is 1. The van der Waals surface area contributed by atoms with Crippen molar-refractivity contribution in [3.05, 3.63) is 58.2 Å². The second-order valence-corrected chi connectivity index (χ2v) is 4.28. The molecule has 90 valence electrons. The lowest BCUT2D eigenvalue weighted by atomic mass is 9.93. The number of nitrogens with zero attached hydrogens (tertiary/aromatic N) is 1. The standard InChI is InChI=1S/C13H7BrFNO2/c14-13-9(5-6-18-13)12(17)10(7-16)8-3-1-2-4-11(8)15/h1-6,10H. The summed E-state index contributed by atoms with van der Waals surface area (Å²) in [4.78, 5) is 12.1. The quantitative estimate of drug-likeness (QED) is 0.813. The molecular formula is C13H7BrFNO2. The van der Waals surface area contributed by atoms with Gasteiger partial charge in [-0.3, -0.25) is 4.79 Å². The Bertz CT molecular complexity index is 630. The molecule has 1 aromatic carbocycles. The summed E-state index contributed by atoms with van der Waals surface area (Å²) in [5.41, 5.74) is 0.294. The van der Waals surface area contributed by atoms with Gasteiger partial charge < -0.3 is 4.42 Å². The number of carbonyl (C=O) groups is 1. The monoisotopic (exact) mass is 307 g/mol. The number of benzene rings is 1. The summed E-state index contributed by atoms with van der Waals surface area (Å²) in [6.07, 6.45) is 1.33. The molecule has 0 aliphatic rings. The number of ketones is 1. The van der Waals surface area contributed by atoms with E-state index in [2.05, 4.69) is 15.9 Å². The Hall–Kier alpha value is -1.93. The Kier molecular flexibility index (Phi) is 3.58. The van der Waals surface area contributed by atoms with Crippen LogP contribution in [-0.4, -0.2) is 5.78 Å². The molecule has 18 heavy (non-hydrogen) atoms. The van der Waals surface area contributed by atoms with Crippen LogP contribution in [0.3, 0.4) is 0 Å². The summed E-state index contributed by atoms with van der Waals surface area (Å²) in [6.45, 7) is 0. The minimum Gasteiger partial charge on any atom is -0.457 e. The van der Waals surface area contributed by atoms with Gasteiger partial charge in [-0.2, -0.15) is 5.26 Å². The second-order valence-electron chi connectivity index (χ2n) is 3.56. The van der Waals surface area contributed by atoms with Crippen LogP contribution in [0.5, 0.6) is 0 Å². The van der Waals surface area contributed by atoms with Crippen molar-refractivity contribution >= 4 is 21.7 Å². The lowest BCUT2D eigenvalue weighted by Crippen LogP contribution is -2.12. The summed E-state index contributed by atoms with van der Waals surface area (Å²) < 4.78 is 18.8. The smallest absolute Gasteiger partial charge is 0.188 e. The van der Waals surface area contributed by atoms with Crippen molar-refractivity contribution in [2.45, 2.75) is 5.92 Å². The Balaban J connectivity index is 2.43. The number of nitriles is 1. The summed E-state index contributed by atoms with van der Waals surface area (Å²) in [5, 5.41) is 9.08. The highest BCUT2D eigenvalue weighted by Crippen LogP contribution is 2.27. The average molecular weight is 308 g/mol. The molecule has 0 saturated heterocycles. The second kappa shape index (κ2) is 5.15. The lowest BCUT2D eigenvalue weighted by molar-refractivity contribution is 0.0976. The summed E-state index contributed by atoms with van der Waals surface area (Å²) in [7, 11) is 0. The van der Waals surface area contributed by atoms with E-state index in [1.54, 1.807) is 6.07 Å². The van der Waals surface area contributed by atoms with E-state index in [9.17, 15) is 9.18 Å². The molecule has 3 nitrogen and oxygen atoms in total. The van der Waals surface area contributed by atoms with E-state index in [0.29, 0.717) is 0 Å². The van der Waals surface area contributed by atoms with E-state index in [1.165, 1.54) is 30.5 Å². The Morgan fingerprint density at radius 1 is 1.39 bits per heavy atom. The molecule has 0 aliphatic carbocycles. The van der Waals surface area contributed by atoms with Crippen LogP contribution in [0.2, 0.25) is 0 Å². The van der Waals surface area contributed by atoms with E-state index in [-0.39, 0.29) is 15.8 Å². The van der Waals surface area contributed by atoms with E-state index in [1.807, 2.05) is 6.07 Å². The third kappa shape index (κ3) is 2.20. The first-order valence-electron chi connectivity index (χ1n) is 5.06. The van der Waals surface area contributed by atoms with Crippen LogP contribution in [0.4, 0.5) is 4.39 Å². The van der Waals surface area contributed by atoms with Crippen molar-refractivity contribution < 1.29 is 13.6 Å². The van der Waals surface area contributed by atoms with Crippen molar-refractivity contribution in [3.8, 4) is 6.07 Å². The minimum atomic E-state index is -1.18. The SMILES string of the molecule is N#CC(C(=O)c1ccoc1Br)c1ccccc1F. The van der Waals surface area contributed by atoms with Gasteiger partial charge in [0, 0.05) is 5.56 Å². The first-order valence-corrected chi connectivity index (χ1v) is 5.85. The number of rotatable bonds is 3. The normalized spacial score (nSPS) is 11.8. The molecule has 1 unspecified atom stereocenters. The molecule has 2 rings (SSSR count). The third-order valence-corrected chi connectivity index (χ3v) is 3.11. The minimum absolute atomic E-state index is 0.0677. The Morgan fingerprint density at radius 3 is 2.67 bits per heavy atom. The molecular weight excluding hydrogens is 301 g/mol. The first kappa shape index (κ1) is 12.5. The van der Waals surface area contributed by atoms with Gasteiger partial charge in [0.2, 0.25) is 0 Å². The number of halogens is 2. The fourth-order valence-electron chi connectivity index (χ4n) is 1.60. The fraction of sp³-hybridized carbons (Fsp3) is 0.0769. The van der Waals surface area contributed by atoms with Crippen molar-refractivity contribution in [2.24, 2.45) is 0 Å². The highest BCUT2D eigenvalue weighted by molar-refractivity contribution is 9.10. The zero-order valence-corrected chi connectivity index (χ0v) is 10.6. The predicted octanol–water partition coefficient (Wildman–Crippen LogP) is 3.67. The van der Waals surface area contributed by atoms with Crippen molar-refractivity contribution in [2.75, 3.05) is 0 Å². The van der Waals surface area contributed by atoms with E-state index < -0.39 is 17.5 Å². The maximum absolute atomic E-state index is 13.6. The summed E-state index contributed by atoms with van der Waals surface area (Å²) in [5.74, 6) is -2.25. The largest absolute Gasteiger partial charge is 0.457 e. The molecule has 1 aromatic heterocycles. The van der Waals surface area contributed by atoms with Gasteiger partial charge in [-0.05, 0) is 28.1 Å². The van der Waals surface area contributed by atoms with Gasteiger partial charge >= 0.3 is 0 Å². The topological polar surface area (TPSA) is 54.0 Å². The molecule has 0 bridgehead atoms.